The maximum absolute atomic E-state index is 13.3. The first-order valence-corrected chi connectivity index (χ1v) is 9.56. The van der Waals surface area contributed by atoms with Gasteiger partial charge in [-0.2, -0.15) is 5.10 Å². The van der Waals surface area contributed by atoms with E-state index in [4.69, 9.17) is 4.74 Å². The number of ether oxygens (including phenoxy) is 1. The molecule has 1 fully saturated rings. The fraction of sp³-hybridized carbons (Fsp3) is 0.476. The number of rotatable bonds is 5. The summed E-state index contributed by atoms with van der Waals surface area (Å²) in [6.45, 7) is 4.76. The van der Waals surface area contributed by atoms with Gasteiger partial charge in [-0.1, -0.05) is 12.1 Å². The number of likely N-dealkylation sites (tertiary alicyclic amines) is 1. The van der Waals surface area contributed by atoms with Crippen molar-refractivity contribution in [2.75, 3.05) is 19.7 Å². The molecule has 0 N–H and O–H groups in total. The molecule has 6 nitrogen and oxygen atoms in total. The van der Waals surface area contributed by atoms with Gasteiger partial charge in [-0.05, 0) is 56.9 Å². The number of piperidine rings is 1. The number of carbonyl (C=O) groups is 2. The van der Waals surface area contributed by atoms with Crippen LogP contribution in [-0.2, 0) is 23.0 Å². The Morgan fingerprint density at radius 1 is 1.29 bits per heavy atom. The highest BCUT2D eigenvalue weighted by Gasteiger charge is 2.45. The van der Waals surface area contributed by atoms with Crippen molar-refractivity contribution >= 4 is 11.9 Å². The van der Waals surface area contributed by atoms with Gasteiger partial charge in [-0.25, -0.2) is 4.39 Å². The summed E-state index contributed by atoms with van der Waals surface area (Å²) in [6, 6.07) is 7.88. The number of amides is 1. The van der Waals surface area contributed by atoms with Gasteiger partial charge in [0.25, 0.3) is 5.91 Å². The number of carbonyl (C=O) groups excluding carboxylic acids is 2. The third-order valence-electron chi connectivity index (χ3n) is 5.36. The topological polar surface area (TPSA) is 64.4 Å². The van der Waals surface area contributed by atoms with Crippen LogP contribution in [0.25, 0.3) is 0 Å². The molecule has 0 aliphatic carbocycles. The minimum Gasteiger partial charge on any atom is -0.466 e. The van der Waals surface area contributed by atoms with Crippen molar-refractivity contribution in [2.24, 2.45) is 12.5 Å². The Kier molecular flexibility index (Phi) is 5.82. The second-order valence-electron chi connectivity index (χ2n) is 7.43. The zero-order valence-electron chi connectivity index (χ0n) is 16.6. The van der Waals surface area contributed by atoms with Crippen LogP contribution in [0.4, 0.5) is 4.39 Å². The second-order valence-corrected chi connectivity index (χ2v) is 7.43. The van der Waals surface area contributed by atoms with Crippen molar-refractivity contribution in [3.8, 4) is 0 Å². The normalized spacial score (nSPS) is 19.5. The maximum Gasteiger partial charge on any atom is 0.314 e. The molecule has 2 aromatic rings. The highest BCUT2D eigenvalue weighted by molar-refractivity contribution is 5.93. The molecule has 1 saturated heterocycles. The van der Waals surface area contributed by atoms with Crippen LogP contribution in [-0.4, -0.2) is 46.3 Å². The molecule has 0 spiro atoms. The molecule has 2 heterocycles. The summed E-state index contributed by atoms with van der Waals surface area (Å²) in [7, 11) is 1.79. The van der Waals surface area contributed by atoms with E-state index in [1.165, 1.54) is 12.1 Å². The average molecular weight is 387 g/mol. The number of esters is 1. The Hall–Kier alpha value is -2.70. The Labute approximate surface area is 164 Å². The Morgan fingerprint density at radius 2 is 2.00 bits per heavy atom. The van der Waals surface area contributed by atoms with Crippen molar-refractivity contribution in [2.45, 2.75) is 33.1 Å². The zero-order chi connectivity index (χ0) is 20.3. The molecule has 1 aliphatic rings. The van der Waals surface area contributed by atoms with Crippen LogP contribution in [0.15, 0.2) is 30.3 Å². The average Bonchev–Trinajstić information content (AvgIpc) is 3.02. The molecule has 3 rings (SSSR count). The standard InChI is InChI=1S/C21H26FN3O3/c1-4-28-20(27)21(13-16-6-8-17(22)9-7-16)10-5-11-25(14-21)19(26)18-12-15(2)24(3)23-18/h6-9,12H,4-5,10-11,13-14H2,1-3H3. The Balaban J connectivity index is 1.87. The SMILES string of the molecule is CCOC(=O)C1(Cc2ccc(F)cc2)CCCN(C(=O)c2cc(C)n(C)n2)C1. The predicted molar refractivity (Wildman–Crippen MR) is 102 cm³/mol. The van der Waals surface area contributed by atoms with Gasteiger partial charge in [0.1, 0.15) is 5.82 Å². The van der Waals surface area contributed by atoms with Crippen LogP contribution in [0.1, 0.15) is 41.5 Å². The van der Waals surface area contributed by atoms with E-state index in [9.17, 15) is 14.0 Å². The number of benzene rings is 1. The van der Waals surface area contributed by atoms with Crippen LogP contribution in [0.3, 0.4) is 0 Å². The second kappa shape index (κ2) is 8.12. The van der Waals surface area contributed by atoms with Crippen LogP contribution in [0.2, 0.25) is 0 Å². The first kappa shape index (κ1) is 20.0. The van der Waals surface area contributed by atoms with Crippen LogP contribution in [0, 0.1) is 18.2 Å². The molecule has 0 saturated carbocycles. The number of nitrogens with zero attached hydrogens (tertiary/aromatic N) is 3. The van der Waals surface area contributed by atoms with E-state index in [1.807, 2.05) is 6.92 Å². The summed E-state index contributed by atoms with van der Waals surface area (Å²) in [4.78, 5) is 27.6. The molecule has 7 heteroatoms. The van der Waals surface area contributed by atoms with Crippen molar-refractivity contribution in [1.29, 1.82) is 0 Å². The first-order chi connectivity index (χ1) is 13.3. The molecule has 1 aliphatic heterocycles. The van der Waals surface area contributed by atoms with Crippen LogP contribution in [0.5, 0.6) is 0 Å². The van der Waals surface area contributed by atoms with E-state index >= 15 is 0 Å². The van der Waals surface area contributed by atoms with Gasteiger partial charge in [0.15, 0.2) is 5.69 Å². The van der Waals surface area contributed by atoms with Gasteiger partial charge in [0, 0.05) is 25.8 Å². The third kappa shape index (κ3) is 4.08. The molecule has 1 unspecified atom stereocenters. The molecule has 1 aromatic heterocycles. The lowest BCUT2D eigenvalue weighted by Gasteiger charge is -2.40. The van der Waals surface area contributed by atoms with Gasteiger partial charge in [-0.3, -0.25) is 14.3 Å². The third-order valence-corrected chi connectivity index (χ3v) is 5.36. The summed E-state index contributed by atoms with van der Waals surface area (Å²) in [6.07, 6.45) is 1.71. The Morgan fingerprint density at radius 3 is 2.61 bits per heavy atom. The lowest BCUT2D eigenvalue weighted by atomic mass is 9.75. The summed E-state index contributed by atoms with van der Waals surface area (Å²) in [5, 5.41) is 4.28. The molecule has 0 bridgehead atoms. The molecule has 150 valence electrons. The van der Waals surface area contributed by atoms with Gasteiger partial charge in [0.2, 0.25) is 0 Å². The number of hydrogen-bond donors (Lipinski definition) is 0. The van der Waals surface area contributed by atoms with Crippen molar-refractivity contribution in [1.82, 2.24) is 14.7 Å². The van der Waals surface area contributed by atoms with E-state index in [2.05, 4.69) is 5.10 Å². The van der Waals surface area contributed by atoms with Gasteiger partial charge >= 0.3 is 5.97 Å². The minimum atomic E-state index is -0.842. The summed E-state index contributed by atoms with van der Waals surface area (Å²) in [5.74, 6) is -0.815. The van der Waals surface area contributed by atoms with Gasteiger partial charge in [-0.15, -0.1) is 0 Å². The number of hydrogen-bond acceptors (Lipinski definition) is 4. The number of halogens is 1. The molecular weight excluding hydrogens is 361 g/mol. The van der Waals surface area contributed by atoms with E-state index in [-0.39, 0.29) is 30.8 Å². The number of aromatic nitrogens is 2. The molecule has 0 radical (unpaired) electrons. The van der Waals surface area contributed by atoms with Crippen molar-refractivity contribution in [3.05, 3.63) is 53.1 Å². The zero-order valence-corrected chi connectivity index (χ0v) is 16.6. The summed E-state index contributed by atoms with van der Waals surface area (Å²) >= 11 is 0. The molecule has 1 amide bonds. The predicted octanol–water partition coefficient (Wildman–Crippen LogP) is 2.90. The highest BCUT2D eigenvalue weighted by Crippen LogP contribution is 2.36. The molecule has 1 aromatic carbocycles. The van der Waals surface area contributed by atoms with E-state index < -0.39 is 5.41 Å². The monoisotopic (exact) mass is 387 g/mol. The fourth-order valence-corrected chi connectivity index (χ4v) is 3.79. The van der Waals surface area contributed by atoms with E-state index in [1.54, 1.807) is 41.8 Å². The lowest BCUT2D eigenvalue weighted by Crippen LogP contribution is -2.51. The van der Waals surface area contributed by atoms with Crippen molar-refractivity contribution < 1.29 is 18.7 Å². The first-order valence-electron chi connectivity index (χ1n) is 9.56. The maximum atomic E-state index is 13.3. The van der Waals surface area contributed by atoms with Crippen LogP contribution < -0.4 is 0 Å². The molecule has 28 heavy (non-hydrogen) atoms. The Bertz CT molecular complexity index is 843. The van der Waals surface area contributed by atoms with Gasteiger partial charge in [0.05, 0.1) is 12.0 Å². The summed E-state index contributed by atoms with van der Waals surface area (Å²) < 4.78 is 20.3. The van der Waals surface area contributed by atoms with E-state index in [0.717, 1.165) is 11.3 Å². The van der Waals surface area contributed by atoms with E-state index in [0.29, 0.717) is 31.5 Å². The highest BCUT2D eigenvalue weighted by atomic mass is 19.1. The molecular formula is C21H26FN3O3. The molecule has 1 atom stereocenters. The summed E-state index contributed by atoms with van der Waals surface area (Å²) in [5.41, 5.74) is 1.27. The smallest absolute Gasteiger partial charge is 0.314 e. The minimum absolute atomic E-state index is 0.184. The van der Waals surface area contributed by atoms with Crippen LogP contribution >= 0.6 is 0 Å². The van der Waals surface area contributed by atoms with Gasteiger partial charge < -0.3 is 9.64 Å². The quantitative estimate of drug-likeness (QED) is 0.740. The number of aryl methyl sites for hydroxylation is 2. The fourth-order valence-electron chi connectivity index (χ4n) is 3.79. The lowest BCUT2D eigenvalue weighted by molar-refractivity contribution is -0.158. The largest absolute Gasteiger partial charge is 0.466 e. The van der Waals surface area contributed by atoms with Crippen molar-refractivity contribution in [3.63, 3.8) is 0 Å².